The summed E-state index contributed by atoms with van der Waals surface area (Å²) in [6.07, 6.45) is 21.1. The van der Waals surface area contributed by atoms with E-state index in [9.17, 15) is 9.59 Å². The third-order valence-electron chi connectivity index (χ3n) is 6.72. The number of hydrogen-bond acceptors (Lipinski definition) is 4. The van der Waals surface area contributed by atoms with Gasteiger partial charge in [0.2, 0.25) is 0 Å². The summed E-state index contributed by atoms with van der Waals surface area (Å²) < 4.78 is 10.7. The summed E-state index contributed by atoms with van der Waals surface area (Å²) in [5.74, 6) is 0.148. The smallest absolute Gasteiger partial charge is 0.339 e. The molecule has 0 aliphatic heterocycles. The third-order valence-corrected chi connectivity index (χ3v) is 6.72. The molecule has 0 unspecified atom stereocenters. The fourth-order valence-electron chi connectivity index (χ4n) is 4.40. The van der Waals surface area contributed by atoms with Crippen molar-refractivity contribution in [3.05, 3.63) is 35.4 Å². The van der Waals surface area contributed by atoms with Crippen LogP contribution < -0.4 is 0 Å². The molecule has 0 saturated heterocycles. The van der Waals surface area contributed by atoms with Crippen molar-refractivity contribution in [2.24, 2.45) is 5.92 Å². The first-order valence-corrected chi connectivity index (χ1v) is 14.5. The Morgan fingerprint density at radius 2 is 1.06 bits per heavy atom. The molecule has 1 aliphatic carbocycles. The van der Waals surface area contributed by atoms with Crippen LogP contribution in [0.2, 0.25) is 0 Å². The zero-order valence-electron chi connectivity index (χ0n) is 23.0. The van der Waals surface area contributed by atoms with Crippen molar-refractivity contribution in [2.45, 2.75) is 130 Å². The molecule has 1 aromatic rings. The van der Waals surface area contributed by atoms with E-state index in [1.165, 1.54) is 83.5 Å². The highest BCUT2D eigenvalue weighted by molar-refractivity contribution is 6.03. The van der Waals surface area contributed by atoms with Gasteiger partial charge in [0.1, 0.15) is 0 Å². The molecule has 1 aromatic carbocycles. The van der Waals surface area contributed by atoms with E-state index < -0.39 is 11.9 Å². The average molecular weight is 489 g/mol. The van der Waals surface area contributed by atoms with Crippen molar-refractivity contribution in [3.8, 4) is 0 Å². The number of benzene rings is 1. The first-order valence-electron chi connectivity index (χ1n) is 14.5. The zero-order chi connectivity index (χ0) is 25.6. The molecule has 1 saturated carbocycles. The van der Waals surface area contributed by atoms with E-state index in [1.807, 2.05) is 0 Å². The van der Waals surface area contributed by atoms with Gasteiger partial charge >= 0.3 is 11.9 Å². The molecule has 4 nitrogen and oxygen atoms in total. The van der Waals surface area contributed by atoms with Crippen LogP contribution in [0.25, 0.3) is 0 Å². The number of carbonyl (C=O) groups is 2. The lowest BCUT2D eigenvalue weighted by atomic mass is 9.91. The van der Waals surface area contributed by atoms with Crippen molar-refractivity contribution < 1.29 is 19.1 Å². The Labute approximate surface area is 215 Å². The second-order valence-electron chi connectivity index (χ2n) is 10.1. The molecule has 200 valence electrons. The Bertz CT molecular complexity index is 615. The summed E-state index contributed by atoms with van der Waals surface area (Å²) in [6, 6.07) is 6.74. The number of unbranched alkanes of at least 4 members (excludes halogenated alkanes) is 10. The van der Waals surface area contributed by atoms with Crippen molar-refractivity contribution in [1.82, 2.24) is 0 Å². The van der Waals surface area contributed by atoms with Crippen LogP contribution in [0.5, 0.6) is 0 Å². The maximum absolute atomic E-state index is 12.4. The molecular formula is C31H52O4. The van der Waals surface area contributed by atoms with Gasteiger partial charge in [-0.05, 0) is 30.9 Å². The van der Waals surface area contributed by atoms with Crippen LogP contribution in [-0.4, -0.2) is 25.2 Å². The summed E-state index contributed by atoms with van der Waals surface area (Å²) in [4.78, 5) is 24.7. The zero-order valence-corrected chi connectivity index (χ0v) is 23.0. The lowest BCUT2D eigenvalue weighted by Gasteiger charge is -2.15. The fraction of sp³-hybridized carbons (Fsp3) is 0.742. The number of rotatable bonds is 16. The Hall–Kier alpha value is -1.84. The van der Waals surface area contributed by atoms with E-state index in [2.05, 4.69) is 20.8 Å². The van der Waals surface area contributed by atoms with Crippen molar-refractivity contribution >= 4 is 11.9 Å². The molecule has 0 spiro atoms. The highest BCUT2D eigenvalue weighted by Gasteiger charge is 2.18. The summed E-state index contributed by atoms with van der Waals surface area (Å²) in [7, 11) is 0. The predicted molar refractivity (Wildman–Crippen MR) is 146 cm³/mol. The molecule has 1 fully saturated rings. The molecule has 0 N–H and O–H groups in total. The molecule has 0 aromatic heterocycles. The third kappa shape index (κ3) is 15.7. The SMILES string of the molecule is CC1CCCCC1.CCCCCCCCOC(=O)c1ccccc1C(=O)OCCCCCCCC. The second-order valence-corrected chi connectivity index (χ2v) is 10.1. The largest absolute Gasteiger partial charge is 0.462 e. The van der Waals surface area contributed by atoms with Crippen LogP contribution >= 0.6 is 0 Å². The van der Waals surface area contributed by atoms with E-state index in [1.54, 1.807) is 24.3 Å². The van der Waals surface area contributed by atoms with Crippen LogP contribution in [0, 0.1) is 5.92 Å². The Kier molecular flexibility index (Phi) is 19.1. The summed E-state index contributed by atoms with van der Waals surface area (Å²) in [5, 5.41) is 0. The van der Waals surface area contributed by atoms with E-state index in [0.29, 0.717) is 24.3 Å². The van der Waals surface area contributed by atoms with E-state index >= 15 is 0 Å². The summed E-state index contributed by atoms with van der Waals surface area (Å²) in [6.45, 7) is 7.53. The summed E-state index contributed by atoms with van der Waals surface area (Å²) in [5.41, 5.74) is 0.586. The minimum Gasteiger partial charge on any atom is -0.462 e. The van der Waals surface area contributed by atoms with Gasteiger partial charge in [0.15, 0.2) is 0 Å². The molecule has 4 heteroatoms. The van der Waals surface area contributed by atoms with Gasteiger partial charge < -0.3 is 9.47 Å². The Morgan fingerprint density at radius 3 is 1.43 bits per heavy atom. The van der Waals surface area contributed by atoms with Gasteiger partial charge in [-0.15, -0.1) is 0 Å². The fourth-order valence-corrected chi connectivity index (χ4v) is 4.40. The minimum atomic E-state index is -0.444. The molecule has 1 aliphatic rings. The molecule has 0 radical (unpaired) electrons. The Balaban J connectivity index is 0.000000744. The molecule has 0 heterocycles. The van der Waals surface area contributed by atoms with E-state index in [4.69, 9.17) is 9.47 Å². The van der Waals surface area contributed by atoms with Gasteiger partial charge in [-0.2, -0.15) is 0 Å². The molecular weight excluding hydrogens is 436 g/mol. The first-order chi connectivity index (χ1) is 17.1. The maximum atomic E-state index is 12.4. The quantitative estimate of drug-likeness (QED) is 0.172. The molecule has 0 amide bonds. The van der Waals surface area contributed by atoms with Crippen LogP contribution in [-0.2, 0) is 9.47 Å². The van der Waals surface area contributed by atoms with Gasteiger partial charge in [-0.1, -0.05) is 129 Å². The predicted octanol–water partition coefficient (Wildman–Crippen LogP) is 9.31. The highest BCUT2D eigenvalue weighted by atomic mass is 16.5. The van der Waals surface area contributed by atoms with Crippen LogP contribution in [0.4, 0.5) is 0 Å². The summed E-state index contributed by atoms with van der Waals surface area (Å²) >= 11 is 0. The van der Waals surface area contributed by atoms with E-state index in [0.717, 1.165) is 31.6 Å². The van der Waals surface area contributed by atoms with Gasteiger partial charge in [0.05, 0.1) is 24.3 Å². The van der Waals surface area contributed by atoms with Crippen LogP contribution in [0.1, 0.15) is 151 Å². The van der Waals surface area contributed by atoms with Crippen LogP contribution in [0.3, 0.4) is 0 Å². The first kappa shape index (κ1) is 31.2. The van der Waals surface area contributed by atoms with Crippen molar-refractivity contribution in [2.75, 3.05) is 13.2 Å². The topological polar surface area (TPSA) is 52.6 Å². The molecule has 0 atom stereocenters. The lowest BCUT2D eigenvalue weighted by Crippen LogP contribution is -2.15. The highest BCUT2D eigenvalue weighted by Crippen LogP contribution is 2.22. The monoisotopic (exact) mass is 488 g/mol. The lowest BCUT2D eigenvalue weighted by molar-refractivity contribution is 0.0450. The second kappa shape index (κ2) is 21.4. The van der Waals surface area contributed by atoms with Gasteiger partial charge in [-0.25, -0.2) is 9.59 Å². The molecule has 2 rings (SSSR count). The maximum Gasteiger partial charge on any atom is 0.339 e. The van der Waals surface area contributed by atoms with Gasteiger partial charge in [0.25, 0.3) is 0 Å². The number of esters is 2. The normalized spacial score (nSPS) is 13.6. The van der Waals surface area contributed by atoms with Gasteiger partial charge in [-0.3, -0.25) is 0 Å². The number of hydrogen-bond donors (Lipinski definition) is 0. The average Bonchev–Trinajstić information content (AvgIpc) is 2.88. The van der Waals surface area contributed by atoms with Gasteiger partial charge in [0, 0.05) is 0 Å². The standard InChI is InChI=1S/C24H38O4.C7H14/c1-3-5-7-9-11-15-19-27-23(25)21-17-13-14-18-22(21)24(26)28-20-16-12-10-8-6-4-2;1-7-5-3-2-4-6-7/h13-14,17-18H,3-12,15-16,19-20H2,1-2H3;7H,2-6H2,1H3. The van der Waals surface area contributed by atoms with E-state index in [-0.39, 0.29) is 0 Å². The Morgan fingerprint density at radius 1 is 0.657 bits per heavy atom. The van der Waals surface area contributed by atoms with Crippen LogP contribution in [0.15, 0.2) is 24.3 Å². The van der Waals surface area contributed by atoms with Crippen molar-refractivity contribution in [1.29, 1.82) is 0 Å². The molecule has 0 bridgehead atoms. The number of ether oxygens (including phenoxy) is 2. The molecule has 35 heavy (non-hydrogen) atoms. The van der Waals surface area contributed by atoms with Crippen molar-refractivity contribution in [3.63, 3.8) is 0 Å². The minimum absolute atomic E-state index is 0.293. The number of carbonyl (C=O) groups excluding carboxylic acids is 2.